The van der Waals surface area contributed by atoms with E-state index < -0.39 is 0 Å². The molecule has 6 nitrogen and oxygen atoms in total. The molecule has 0 saturated carbocycles. The highest BCUT2D eigenvalue weighted by Crippen LogP contribution is 2.29. The zero-order valence-electron chi connectivity index (χ0n) is 17.5. The van der Waals surface area contributed by atoms with Crippen LogP contribution in [0.4, 0.5) is 0 Å². The van der Waals surface area contributed by atoms with Gasteiger partial charge in [0, 0.05) is 24.5 Å². The largest absolute Gasteiger partial charge is 0.494 e. The van der Waals surface area contributed by atoms with E-state index in [0.717, 1.165) is 39.7 Å². The van der Waals surface area contributed by atoms with Gasteiger partial charge in [-0.05, 0) is 55.3 Å². The van der Waals surface area contributed by atoms with Crippen molar-refractivity contribution in [2.75, 3.05) is 6.61 Å². The molecule has 2 aromatic carbocycles. The fraction of sp³-hybridized carbons (Fsp3) is 0.208. The molecule has 2 heterocycles. The van der Waals surface area contributed by atoms with E-state index in [2.05, 4.69) is 27.5 Å². The number of benzene rings is 2. The SMILES string of the molecule is CCOc1ccc(-c2nc(C)c(C(=O)NCc3ccc(Cn4cccn4)cc3)s2)cc1. The molecule has 4 rings (SSSR count). The normalized spacial score (nSPS) is 10.8. The van der Waals surface area contributed by atoms with Crippen LogP contribution in [0.2, 0.25) is 0 Å². The third-order valence-corrected chi connectivity index (χ3v) is 6.00. The molecule has 0 unspecified atom stereocenters. The van der Waals surface area contributed by atoms with Crippen LogP contribution in [-0.2, 0) is 13.1 Å². The summed E-state index contributed by atoms with van der Waals surface area (Å²) in [5, 5.41) is 8.05. The number of ether oxygens (including phenoxy) is 1. The van der Waals surface area contributed by atoms with Gasteiger partial charge in [0.1, 0.15) is 15.6 Å². The van der Waals surface area contributed by atoms with Crippen molar-refractivity contribution < 1.29 is 9.53 Å². The van der Waals surface area contributed by atoms with Crippen molar-refractivity contribution in [1.82, 2.24) is 20.1 Å². The predicted molar refractivity (Wildman–Crippen MR) is 122 cm³/mol. The maximum Gasteiger partial charge on any atom is 0.263 e. The number of nitrogens with one attached hydrogen (secondary N) is 1. The van der Waals surface area contributed by atoms with Crippen LogP contribution >= 0.6 is 11.3 Å². The standard InChI is InChI=1S/C24H24N4O2S/c1-3-30-21-11-9-20(10-12-21)24-27-17(2)22(31-24)23(29)25-15-18-5-7-19(8-6-18)16-28-14-4-13-26-28/h4-14H,3,15-16H2,1-2H3,(H,25,29). The molecule has 0 aliphatic rings. The number of aryl methyl sites for hydroxylation is 1. The highest BCUT2D eigenvalue weighted by atomic mass is 32.1. The van der Waals surface area contributed by atoms with Gasteiger partial charge < -0.3 is 10.1 Å². The van der Waals surface area contributed by atoms with E-state index in [4.69, 9.17) is 4.74 Å². The highest BCUT2D eigenvalue weighted by molar-refractivity contribution is 7.17. The first-order chi connectivity index (χ1) is 15.1. The van der Waals surface area contributed by atoms with Gasteiger partial charge in [-0.15, -0.1) is 11.3 Å². The third kappa shape index (κ3) is 5.19. The van der Waals surface area contributed by atoms with Crippen molar-refractivity contribution in [3.8, 4) is 16.3 Å². The van der Waals surface area contributed by atoms with E-state index in [1.54, 1.807) is 6.20 Å². The molecule has 4 aromatic rings. The molecule has 0 saturated heterocycles. The summed E-state index contributed by atoms with van der Waals surface area (Å²) >= 11 is 1.41. The van der Waals surface area contributed by atoms with Crippen LogP contribution in [0.15, 0.2) is 67.0 Å². The maximum absolute atomic E-state index is 12.7. The fourth-order valence-corrected chi connectivity index (χ4v) is 4.19. The fourth-order valence-electron chi connectivity index (χ4n) is 3.20. The summed E-state index contributed by atoms with van der Waals surface area (Å²) in [6.07, 6.45) is 3.71. The lowest BCUT2D eigenvalue weighted by molar-refractivity contribution is 0.0954. The second-order valence-electron chi connectivity index (χ2n) is 7.09. The van der Waals surface area contributed by atoms with E-state index in [1.807, 2.05) is 67.2 Å². The second kappa shape index (κ2) is 9.57. The summed E-state index contributed by atoms with van der Waals surface area (Å²) in [5.74, 6) is 0.723. The van der Waals surface area contributed by atoms with Crippen molar-refractivity contribution >= 4 is 17.2 Å². The van der Waals surface area contributed by atoms with Crippen molar-refractivity contribution in [2.24, 2.45) is 0 Å². The number of rotatable bonds is 8. The number of amides is 1. The number of hydrogen-bond acceptors (Lipinski definition) is 5. The molecule has 0 radical (unpaired) electrons. The van der Waals surface area contributed by atoms with Crippen molar-refractivity contribution in [1.29, 1.82) is 0 Å². The molecule has 0 bridgehead atoms. The highest BCUT2D eigenvalue weighted by Gasteiger charge is 2.16. The van der Waals surface area contributed by atoms with Gasteiger partial charge in [0.05, 0.1) is 18.8 Å². The Kier molecular flexibility index (Phi) is 6.43. The van der Waals surface area contributed by atoms with Crippen LogP contribution in [0.3, 0.4) is 0 Å². The second-order valence-corrected chi connectivity index (χ2v) is 8.09. The Morgan fingerprint density at radius 1 is 1.10 bits per heavy atom. The molecule has 2 aromatic heterocycles. The first-order valence-corrected chi connectivity index (χ1v) is 11.0. The maximum atomic E-state index is 12.7. The van der Waals surface area contributed by atoms with E-state index in [9.17, 15) is 4.79 Å². The Balaban J connectivity index is 1.37. The van der Waals surface area contributed by atoms with Crippen molar-refractivity contribution in [2.45, 2.75) is 26.9 Å². The topological polar surface area (TPSA) is 69.0 Å². The van der Waals surface area contributed by atoms with E-state index in [0.29, 0.717) is 18.0 Å². The third-order valence-electron chi connectivity index (χ3n) is 4.79. The van der Waals surface area contributed by atoms with Crippen molar-refractivity contribution in [3.05, 3.63) is 88.7 Å². The Hall–Kier alpha value is -3.45. The van der Waals surface area contributed by atoms with Crippen molar-refractivity contribution in [3.63, 3.8) is 0 Å². The summed E-state index contributed by atoms with van der Waals surface area (Å²) in [6, 6.07) is 17.9. The molecule has 0 spiro atoms. The van der Waals surface area contributed by atoms with Gasteiger partial charge in [-0.2, -0.15) is 5.10 Å². The Morgan fingerprint density at radius 2 is 1.84 bits per heavy atom. The van der Waals surface area contributed by atoms with Crippen LogP contribution in [-0.4, -0.2) is 27.3 Å². The first kappa shape index (κ1) is 20.8. The number of carbonyl (C=O) groups excluding carboxylic acids is 1. The number of hydrogen-bond donors (Lipinski definition) is 1. The Bertz CT molecular complexity index is 1130. The molecule has 0 atom stereocenters. The zero-order chi connectivity index (χ0) is 21.6. The average molecular weight is 433 g/mol. The summed E-state index contributed by atoms with van der Waals surface area (Å²) in [6.45, 7) is 5.66. The lowest BCUT2D eigenvalue weighted by Crippen LogP contribution is -2.22. The minimum absolute atomic E-state index is 0.104. The molecule has 31 heavy (non-hydrogen) atoms. The number of aromatic nitrogens is 3. The number of carbonyl (C=O) groups is 1. The monoisotopic (exact) mass is 432 g/mol. The molecule has 158 valence electrons. The summed E-state index contributed by atoms with van der Waals surface area (Å²) in [7, 11) is 0. The van der Waals surface area contributed by atoms with Crippen LogP contribution in [0, 0.1) is 6.92 Å². The summed E-state index contributed by atoms with van der Waals surface area (Å²) < 4.78 is 7.37. The number of thiazole rings is 1. The molecule has 0 aliphatic heterocycles. The molecule has 1 amide bonds. The van der Waals surface area contributed by atoms with Gasteiger partial charge in [-0.1, -0.05) is 24.3 Å². The van der Waals surface area contributed by atoms with Gasteiger partial charge in [-0.25, -0.2) is 4.98 Å². The minimum Gasteiger partial charge on any atom is -0.494 e. The smallest absolute Gasteiger partial charge is 0.263 e. The molecule has 0 fully saturated rings. The predicted octanol–water partition coefficient (Wildman–Crippen LogP) is 4.69. The Morgan fingerprint density at radius 3 is 2.52 bits per heavy atom. The zero-order valence-corrected chi connectivity index (χ0v) is 18.4. The van der Waals surface area contributed by atoms with Gasteiger partial charge in [0.15, 0.2) is 0 Å². The molecule has 0 aliphatic carbocycles. The lowest BCUT2D eigenvalue weighted by atomic mass is 10.1. The van der Waals surface area contributed by atoms with Gasteiger partial charge in [0.25, 0.3) is 5.91 Å². The average Bonchev–Trinajstić information content (AvgIpc) is 3.43. The molecular formula is C24H24N4O2S. The molecule has 1 N–H and O–H groups in total. The summed E-state index contributed by atoms with van der Waals surface area (Å²) in [4.78, 5) is 18.0. The van der Waals surface area contributed by atoms with Crippen LogP contribution < -0.4 is 10.1 Å². The Labute approximate surface area is 185 Å². The van der Waals surface area contributed by atoms with E-state index in [1.165, 1.54) is 11.3 Å². The molecule has 7 heteroatoms. The first-order valence-electron chi connectivity index (χ1n) is 10.2. The van der Waals surface area contributed by atoms with Gasteiger partial charge >= 0.3 is 0 Å². The van der Waals surface area contributed by atoms with E-state index >= 15 is 0 Å². The number of nitrogens with zero attached hydrogens (tertiary/aromatic N) is 3. The van der Waals surface area contributed by atoms with Crippen LogP contribution in [0.5, 0.6) is 5.75 Å². The van der Waals surface area contributed by atoms with Gasteiger partial charge in [0.2, 0.25) is 0 Å². The lowest BCUT2D eigenvalue weighted by Gasteiger charge is -2.06. The molecular weight excluding hydrogens is 408 g/mol. The van der Waals surface area contributed by atoms with E-state index in [-0.39, 0.29) is 5.91 Å². The van der Waals surface area contributed by atoms with Crippen LogP contribution in [0.25, 0.3) is 10.6 Å². The minimum atomic E-state index is -0.104. The van der Waals surface area contributed by atoms with Gasteiger partial charge in [-0.3, -0.25) is 9.48 Å². The van der Waals surface area contributed by atoms with Crippen LogP contribution in [0.1, 0.15) is 33.4 Å². The summed E-state index contributed by atoms with van der Waals surface area (Å²) in [5.41, 5.74) is 3.92. The quantitative estimate of drug-likeness (QED) is 0.438.